The van der Waals surface area contributed by atoms with Crippen LogP contribution in [0.25, 0.3) is 16.3 Å². The number of fused-ring (bicyclic) bond motifs is 1. The fraction of sp³-hybridized carbons (Fsp3) is 0.0417. The zero-order chi connectivity index (χ0) is 21.8. The van der Waals surface area contributed by atoms with E-state index in [0.717, 1.165) is 11.1 Å². The Hall–Kier alpha value is -3.35. The van der Waals surface area contributed by atoms with Crippen molar-refractivity contribution in [2.45, 2.75) is 6.92 Å². The third-order valence-corrected chi connectivity index (χ3v) is 5.78. The second-order valence-electron chi connectivity index (χ2n) is 6.77. The SMILES string of the molecule is Cc1ccc(/C=N/N(C(=O)/C=C/c2ccccc2Cl)c2nc3ccc(F)cc3s2)cc1. The number of amides is 1. The largest absolute Gasteiger partial charge is 0.273 e. The molecule has 4 aromatic rings. The number of hydrogen-bond acceptors (Lipinski definition) is 4. The van der Waals surface area contributed by atoms with Gasteiger partial charge in [-0.1, -0.05) is 71.0 Å². The van der Waals surface area contributed by atoms with Crippen molar-refractivity contribution in [1.29, 1.82) is 0 Å². The van der Waals surface area contributed by atoms with Gasteiger partial charge < -0.3 is 0 Å². The molecule has 0 spiro atoms. The van der Waals surface area contributed by atoms with Gasteiger partial charge in [0.2, 0.25) is 5.13 Å². The highest BCUT2D eigenvalue weighted by molar-refractivity contribution is 7.22. The zero-order valence-electron chi connectivity index (χ0n) is 16.5. The molecule has 0 unspecified atom stereocenters. The van der Waals surface area contributed by atoms with Gasteiger partial charge in [0.1, 0.15) is 5.82 Å². The number of carbonyl (C=O) groups is 1. The van der Waals surface area contributed by atoms with E-state index in [1.165, 1.54) is 34.6 Å². The predicted molar refractivity (Wildman–Crippen MR) is 126 cm³/mol. The molecule has 3 aromatic carbocycles. The Morgan fingerprint density at radius 3 is 2.68 bits per heavy atom. The summed E-state index contributed by atoms with van der Waals surface area (Å²) in [7, 11) is 0. The van der Waals surface area contributed by atoms with Gasteiger partial charge in [-0.25, -0.2) is 9.37 Å². The molecule has 1 aromatic heterocycles. The standard InChI is InChI=1S/C24H17ClFN3OS/c1-16-6-8-17(9-7-16)15-27-29(23(30)13-10-18-4-2-3-5-20(18)25)24-28-21-12-11-19(26)14-22(21)31-24/h2-15H,1H3/b13-10+,27-15+. The van der Waals surface area contributed by atoms with Crippen LogP contribution in [-0.2, 0) is 4.79 Å². The van der Waals surface area contributed by atoms with Crippen LogP contribution in [0.5, 0.6) is 0 Å². The van der Waals surface area contributed by atoms with Crippen molar-refractivity contribution in [3.8, 4) is 0 Å². The first-order valence-electron chi connectivity index (χ1n) is 9.43. The summed E-state index contributed by atoms with van der Waals surface area (Å²) >= 11 is 7.37. The zero-order valence-corrected chi connectivity index (χ0v) is 18.1. The average Bonchev–Trinajstić information content (AvgIpc) is 3.17. The monoisotopic (exact) mass is 449 g/mol. The molecule has 7 heteroatoms. The number of anilines is 1. The summed E-state index contributed by atoms with van der Waals surface area (Å²) in [5.74, 6) is -0.759. The molecular formula is C24H17ClFN3OS. The first kappa shape index (κ1) is 20.9. The lowest BCUT2D eigenvalue weighted by atomic mass is 10.2. The van der Waals surface area contributed by atoms with Crippen LogP contribution in [0.2, 0.25) is 5.02 Å². The Morgan fingerprint density at radius 1 is 1.13 bits per heavy atom. The van der Waals surface area contributed by atoms with Crippen LogP contribution in [0.1, 0.15) is 16.7 Å². The molecular weight excluding hydrogens is 433 g/mol. The van der Waals surface area contributed by atoms with E-state index in [9.17, 15) is 9.18 Å². The molecule has 0 aliphatic carbocycles. The molecule has 0 aliphatic rings. The number of carbonyl (C=O) groups excluding carboxylic acids is 1. The van der Waals surface area contributed by atoms with E-state index >= 15 is 0 Å². The van der Waals surface area contributed by atoms with Crippen molar-refractivity contribution in [1.82, 2.24) is 4.98 Å². The van der Waals surface area contributed by atoms with Gasteiger partial charge >= 0.3 is 0 Å². The van der Waals surface area contributed by atoms with Crippen LogP contribution in [0.15, 0.2) is 77.9 Å². The molecule has 1 heterocycles. The normalized spacial score (nSPS) is 11.6. The maximum Gasteiger partial charge on any atom is 0.273 e. The minimum absolute atomic E-state index is 0.345. The summed E-state index contributed by atoms with van der Waals surface area (Å²) < 4.78 is 14.2. The fourth-order valence-electron chi connectivity index (χ4n) is 2.80. The van der Waals surface area contributed by atoms with E-state index in [1.54, 1.807) is 24.4 Å². The predicted octanol–water partition coefficient (Wildman–Crippen LogP) is 6.48. The number of halogens is 2. The highest BCUT2D eigenvalue weighted by atomic mass is 35.5. The third kappa shape index (κ3) is 5.05. The molecule has 0 atom stereocenters. The van der Waals surface area contributed by atoms with Crippen LogP contribution in [0.4, 0.5) is 9.52 Å². The first-order valence-corrected chi connectivity index (χ1v) is 10.6. The van der Waals surface area contributed by atoms with Gasteiger partial charge in [-0.15, -0.1) is 0 Å². The Morgan fingerprint density at radius 2 is 1.90 bits per heavy atom. The van der Waals surface area contributed by atoms with Gasteiger partial charge in [-0.2, -0.15) is 10.1 Å². The molecule has 0 aliphatic heterocycles. The third-order valence-electron chi connectivity index (χ3n) is 4.44. The number of nitrogens with zero attached hydrogens (tertiary/aromatic N) is 3. The highest BCUT2D eigenvalue weighted by Gasteiger charge is 2.17. The quantitative estimate of drug-likeness (QED) is 0.199. The van der Waals surface area contributed by atoms with E-state index < -0.39 is 5.91 Å². The minimum Gasteiger partial charge on any atom is -0.267 e. The van der Waals surface area contributed by atoms with Crippen LogP contribution < -0.4 is 5.01 Å². The Labute approximate surface area is 187 Å². The molecule has 4 rings (SSSR count). The Kier molecular flexibility index (Phi) is 6.21. The second kappa shape index (κ2) is 9.20. The second-order valence-corrected chi connectivity index (χ2v) is 8.18. The number of aromatic nitrogens is 1. The van der Waals surface area contributed by atoms with Crippen molar-refractivity contribution < 1.29 is 9.18 Å². The van der Waals surface area contributed by atoms with Crippen molar-refractivity contribution in [2.24, 2.45) is 5.10 Å². The number of hydrogen-bond donors (Lipinski definition) is 0. The molecule has 0 saturated heterocycles. The molecule has 1 amide bonds. The van der Waals surface area contributed by atoms with Crippen LogP contribution in [-0.4, -0.2) is 17.1 Å². The Bertz CT molecular complexity index is 1300. The maximum absolute atomic E-state index is 13.6. The molecule has 0 N–H and O–H groups in total. The number of benzene rings is 3. The van der Waals surface area contributed by atoms with E-state index in [0.29, 0.717) is 25.9 Å². The highest BCUT2D eigenvalue weighted by Crippen LogP contribution is 2.30. The molecule has 31 heavy (non-hydrogen) atoms. The van der Waals surface area contributed by atoms with Gasteiger partial charge in [0.05, 0.1) is 16.4 Å². The number of rotatable bonds is 5. The van der Waals surface area contributed by atoms with Crippen molar-refractivity contribution >= 4 is 56.5 Å². The van der Waals surface area contributed by atoms with E-state index in [4.69, 9.17) is 11.6 Å². The molecule has 0 bridgehead atoms. The van der Waals surface area contributed by atoms with E-state index in [2.05, 4.69) is 10.1 Å². The molecule has 0 radical (unpaired) electrons. The first-order chi connectivity index (χ1) is 15.0. The Balaban J connectivity index is 1.69. The fourth-order valence-corrected chi connectivity index (χ4v) is 3.95. The molecule has 0 saturated carbocycles. The van der Waals surface area contributed by atoms with E-state index in [1.807, 2.05) is 49.4 Å². The summed E-state index contributed by atoms with van der Waals surface area (Å²) in [6.45, 7) is 2.00. The summed E-state index contributed by atoms with van der Waals surface area (Å²) in [5.41, 5.74) is 3.28. The summed E-state index contributed by atoms with van der Waals surface area (Å²) in [4.78, 5) is 17.5. The lowest BCUT2D eigenvalue weighted by molar-refractivity contribution is -0.114. The number of aryl methyl sites for hydroxylation is 1. The molecule has 4 nitrogen and oxygen atoms in total. The lowest BCUT2D eigenvalue weighted by Gasteiger charge is -2.11. The summed E-state index contributed by atoms with van der Waals surface area (Å²) in [6.07, 6.45) is 4.61. The topological polar surface area (TPSA) is 45.6 Å². The molecule has 154 valence electrons. The van der Waals surface area contributed by atoms with Crippen molar-refractivity contribution in [3.05, 3.63) is 100 Å². The number of hydrazone groups is 1. The summed E-state index contributed by atoms with van der Waals surface area (Å²) in [6, 6.07) is 19.3. The average molecular weight is 450 g/mol. The van der Waals surface area contributed by atoms with E-state index in [-0.39, 0.29) is 5.82 Å². The smallest absolute Gasteiger partial charge is 0.267 e. The molecule has 0 fully saturated rings. The van der Waals surface area contributed by atoms with Gasteiger partial charge in [0.25, 0.3) is 5.91 Å². The van der Waals surface area contributed by atoms with Gasteiger partial charge in [0.15, 0.2) is 0 Å². The van der Waals surface area contributed by atoms with Crippen LogP contribution in [0.3, 0.4) is 0 Å². The van der Waals surface area contributed by atoms with Crippen molar-refractivity contribution in [3.63, 3.8) is 0 Å². The van der Waals surface area contributed by atoms with Crippen LogP contribution >= 0.6 is 22.9 Å². The summed E-state index contributed by atoms with van der Waals surface area (Å²) in [5, 5.41) is 6.46. The van der Waals surface area contributed by atoms with Gasteiger partial charge in [-0.3, -0.25) is 4.79 Å². The van der Waals surface area contributed by atoms with Gasteiger partial charge in [-0.05, 0) is 48.4 Å². The van der Waals surface area contributed by atoms with Gasteiger partial charge in [0, 0.05) is 11.1 Å². The van der Waals surface area contributed by atoms with Crippen LogP contribution in [0, 0.1) is 12.7 Å². The lowest BCUT2D eigenvalue weighted by Crippen LogP contribution is -2.23. The minimum atomic E-state index is -0.400. The maximum atomic E-state index is 13.6. The van der Waals surface area contributed by atoms with Crippen molar-refractivity contribution in [2.75, 3.05) is 5.01 Å². The number of thiazole rings is 1.